The molecular formula is C23H23N3OS. The van der Waals surface area contributed by atoms with E-state index in [1.807, 2.05) is 24.3 Å². The van der Waals surface area contributed by atoms with Gasteiger partial charge in [-0.15, -0.1) is 11.8 Å². The first kappa shape index (κ1) is 18.6. The summed E-state index contributed by atoms with van der Waals surface area (Å²) in [5.74, 6) is 0.814. The smallest absolute Gasteiger partial charge is 0.149 e. The van der Waals surface area contributed by atoms with Gasteiger partial charge in [-0.05, 0) is 24.1 Å². The van der Waals surface area contributed by atoms with Crippen LogP contribution in [0.4, 0.5) is 0 Å². The van der Waals surface area contributed by atoms with Crippen molar-refractivity contribution in [2.24, 2.45) is 0 Å². The summed E-state index contributed by atoms with van der Waals surface area (Å²) < 4.78 is 7.72. The fourth-order valence-electron chi connectivity index (χ4n) is 3.25. The lowest BCUT2D eigenvalue weighted by atomic mass is 10.1. The highest BCUT2D eigenvalue weighted by Gasteiger charge is 2.20. The minimum absolute atomic E-state index is 0.483. The summed E-state index contributed by atoms with van der Waals surface area (Å²) in [5, 5.41) is 2.59. The van der Waals surface area contributed by atoms with E-state index in [-0.39, 0.29) is 0 Å². The van der Waals surface area contributed by atoms with Crippen LogP contribution in [0.5, 0.6) is 5.75 Å². The molecule has 5 heteroatoms. The second kappa shape index (κ2) is 8.07. The molecule has 1 unspecified atom stereocenters. The first-order valence-corrected chi connectivity index (χ1v) is 10.3. The highest BCUT2D eigenvalue weighted by molar-refractivity contribution is 8.00. The second-order valence-corrected chi connectivity index (χ2v) is 8.09. The Labute approximate surface area is 169 Å². The lowest BCUT2D eigenvalue weighted by Crippen LogP contribution is -1.99. The van der Waals surface area contributed by atoms with Crippen molar-refractivity contribution in [1.29, 1.82) is 0 Å². The van der Waals surface area contributed by atoms with E-state index in [4.69, 9.17) is 4.74 Å². The van der Waals surface area contributed by atoms with Crippen molar-refractivity contribution in [3.05, 3.63) is 67.1 Å². The van der Waals surface area contributed by atoms with E-state index in [9.17, 15) is 0 Å². The molecule has 0 saturated heterocycles. The number of thioether (sulfide) groups is 1. The Balaban J connectivity index is 2.01. The number of rotatable bonds is 6. The maximum atomic E-state index is 5.61. The Morgan fingerprint density at radius 1 is 1.04 bits per heavy atom. The van der Waals surface area contributed by atoms with Gasteiger partial charge in [0.05, 0.1) is 18.2 Å². The highest BCUT2D eigenvalue weighted by atomic mass is 32.2. The van der Waals surface area contributed by atoms with Crippen molar-refractivity contribution in [1.82, 2.24) is 14.5 Å². The number of para-hydroxylation sites is 2. The Hall–Kier alpha value is -2.79. The molecule has 4 rings (SSSR count). The molecule has 0 spiro atoms. The lowest BCUT2D eigenvalue weighted by molar-refractivity contribution is 0.413. The Morgan fingerprint density at radius 3 is 2.54 bits per heavy atom. The van der Waals surface area contributed by atoms with Gasteiger partial charge in [-0.2, -0.15) is 0 Å². The number of fused-ring (bicyclic) bond motifs is 1. The van der Waals surface area contributed by atoms with Gasteiger partial charge < -0.3 is 4.74 Å². The number of hydrogen-bond acceptors (Lipinski definition) is 4. The summed E-state index contributed by atoms with van der Waals surface area (Å²) in [5.41, 5.74) is 4.15. The molecule has 0 bridgehead atoms. The van der Waals surface area contributed by atoms with Gasteiger partial charge in [0, 0.05) is 17.0 Å². The summed E-state index contributed by atoms with van der Waals surface area (Å²) in [7, 11) is 1.70. The second-order valence-electron chi connectivity index (χ2n) is 6.66. The molecule has 4 aromatic rings. The molecule has 142 valence electrons. The monoisotopic (exact) mass is 389 g/mol. The maximum absolute atomic E-state index is 5.61. The first-order chi connectivity index (χ1) is 13.7. The molecule has 0 aliphatic heterocycles. The number of hydrogen-bond donors (Lipinski definition) is 0. The summed E-state index contributed by atoms with van der Waals surface area (Å²) in [4.78, 5) is 9.29. The Kier molecular flexibility index (Phi) is 5.35. The van der Waals surface area contributed by atoms with Crippen LogP contribution in [0.1, 0.15) is 20.3 Å². The summed E-state index contributed by atoms with van der Waals surface area (Å²) in [6.45, 7) is 4.44. The highest BCUT2D eigenvalue weighted by Crippen LogP contribution is 2.39. The Morgan fingerprint density at radius 2 is 1.79 bits per heavy atom. The van der Waals surface area contributed by atoms with Crippen molar-refractivity contribution < 1.29 is 4.74 Å². The molecule has 0 aliphatic carbocycles. The van der Waals surface area contributed by atoms with Gasteiger partial charge in [-0.3, -0.25) is 4.57 Å². The lowest BCUT2D eigenvalue weighted by Gasteiger charge is -2.11. The molecule has 2 aromatic heterocycles. The third-order valence-corrected chi connectivity index (χ3v) is 6.13. The molecular weight excluding hydrogens is 366 g/mol. The molecule has 0 saturated carbocycles. The van der Waals surface area contributed by atoms with Gasteiger partial charge in [-0.25, -0.2) is 9.97 Å². The van der Waals surface area contributed by atoms with Crippen molar-refractivity contribution >= 4 is 22.8 Å². The quantitative estimate of drug-likeness (QED) is 0.300. The summed E-state index contributed by atoms with van der Waals surface area (Å²) in [6.07, 6.45) is 4.89. The van der Waals surface area contributed by atoms with Crippen molar-refractivity contribution in [2.45, 2.75) is 30.5 Å². The van der Waals surface area contributed by atoms with Gasteiger partial charge in [0.15, 0.2) is 0 Å². The fourth-order valence-corrected chi connectivity index (χ4v) is 4.22. The molecule has 0 amide bonds. The van der Waals surface area contributed by atoms with Crippen LogP contribution < -0.4 is 4.74 Å². The largest absolute Gasteiger partial charge is 0.495 e. The van der Waals surface area contributed by atoms with Crippen LogP contribution in [0.2, 0.25) is 0 Å². The van der Waals surface area contributed by atoms with E-state index in [0.29, 0.717) is 5.25 Å². The zero-order valence-electron chi connectivity index (χ0n) is 16.3. The van der Waals surface area contributed by atoms with E-state index in [1.165, 1.54) is 0 Å². The van der Waals surface area contributed by atoms with Crippen molar-refractivity contribution in [3.63, 3.8) is 0 Å². The number of ether oxygens (including phenoxy) is 1. The standard InChI is InChI=1S/C23H23N3OS/c1-4-16(2)28-23-21-18(17-10-6-5-7-11-17)14-26(22(21)24-15-25-23)19-12-8-9-13-20(19)27-3/h5-16H,4H2,1-3H3. The van der Waals surface area contributed by atoms with Gasteiger partial charge in [0.2, 0.25) is 0 Å². The number of aromatic nitrogens is 3. The molecule has 2 heterocycles. The molecule has 4 nitrogen and oxygen atoms in total. The van der Waals surface area contributed by atoms with Crippen molar-refractivity contribution in [2.75, 3.05) is 7.11 Å². The predicted octanol–water partition coefficient (Wildman–Crippen LogP) is 5.99. The van der Waals surface area contributed by atoms with Crippen LogP contribution >= 0.6 is 11.8 Å². The molecule has 28 heavy (non-hydrogen) atoms. The zero-order chi connectivity index (χ0) is 19.5. The van der Waals surface area contributed by atoms with Crippen LogP contribution in [0.3, 0.4) is 0 Å². The van der Waals surface area contributed by atoms with E-state index in [1.54, 1.807) is 25.2 Å². The third-order valence-electron chi connectivity index (χ3n) is 4.87. The van der Waals surface area contributed by atoms with Crippen LogP contribution in [0.25, 0.3) is 27.8 Å². The van der Waals surface area contributed by atoms with Gasteiger partial charge in [0.1, 0.15) is 22.7 Å². The predicted molar refractivity (Wildman–Crippen MR) is 116 cm³/mol. The van der Waals surface area contributed by atoms with Crippen LogP contribution in [0.15, 0.2) is 72.1 Å². The molecule has 1 atom stereocenters. The molecule has 0 radical (unpaired) electrons. The Bertz CT molecular complexity index is 1090. The SMILES string of the molecule is CCC(C)Sc1ncnc2c1c(-c1ccccc1)cn2-c1ccccc1OC. The van der Waals surface area contributed by atoms with Gasteiger partial charge in [-0.1, -0.05) is 56.3 Å². The van der Waals surface area contributed by atoms with Crippen LogP contribution in [-0.4, -0.2) is 26.9 Å². The molecule has 0 fully saturated rings. The first-order valence-electron chi connectivity index (χ1n) is 9.44. The number of benzene rings is 2. The minimum Gasteiger partial charge on any atom is -0.495 e. The normalized spacial score (nSPS) is 12.2. The summed E-state index contributed by atoms with van der Waals surface area (Å²) >= 11 is 1.80. The number of methoxy groups -OCH3 is 1. The average Bonchev–Trinajstić information content (AvgIpc) is 3.15. The number of nitrogens with zero attached hydrogens (tertiary/aromatic N) is 3. The summed E-state index contributed by atoms with van der Waals surface area (Å²) in [6, 6.07) is 18.4. The van der Waals surface area contributed by atoms with Crippen LogP contribution in [-0.2, 0) is 0 Å². The van der Waals surface area contributed by atoms with E-state index in [2.05, 4.69) is 64.9 Å². The van der Waals surface area contributed by atoms with Gasteiger partial charge >= 0.3 is 0 Å². The molecule has 0 aliphatic rings. The topological polar surface area (TPSA) is 39.9 Å². The third kappa shape index (κ3) is 3.38. The van der Waals surface area contributed by atoms with Crippen molar-refractivity contribution in [3.8, 4) is 22.6 Å². The zero-order valence-corrected chi connectivity index (χ0v) is 17.1. The van der Waals surface area contributed by atoms with Gasteiger partial charge in [0.25, 0.3) is 0 Å². The van der Waals surface area contributed by atoms with E-state index >= 15 is 0 Å². The minimum atomic E-state index is 0.483. The molecule has 2 aromatic carbocycles. The molecule has 0 N–H and O–H groups in total. The van der Waals surface area contributed by atoms with E-state index in [0.717, 1.165) is 45.0 Å². The van der Waals surface area contributed by atoms with E-state index < -0.39 is 0 Å². The van der Waals surface area contributed by atoms with Crippen LogP contribution in [0, 0.1) is 0 Å². The fraction of sp³-hybridized carbons (Fsp3) is 0.217. The average molecular weight is 390 g/mol. The maximum Gasteiger partial charge on any atom is 0.149 e.